The maximum atomic E-state index is 13.1. The number of nitrogens with zero attached hydrogens (tertiary/aromatic N) is 5. The summed E-state index contributed by atoms with van der Waals surface area (Å²) in [4.78, 5) is 16.7. The first kappa shape index (κ1) is 21.2. The van der Waals surface area contributed by atoms with Crippen molar-refractivity contribution in [1.82, 2.24) is 24.8 Å². The van der Waals surface area contributed by atoms with Crippen molar-refractivity contribution >= 4 is 17.2 Å². The summed E-state index contributed by atoms with van der Waals surface area (Å²) in [5.41, 5.74) is 3.56. The summed E-state index contributed by atoms with van der Waals surface area (Å²) >= 11 is 0. The highest BCUT2D eigenvalue weighted by atomic mass is 19.1. The highest BCUT2D eigenvalue weighted by Crippen LogP contribution is 2.23. The summed E-state index contributed by atoms with van der Waals surface area (Å²) in [5.74, 6) is 0.320. The molecule has 1 N–H and O–H groups in total. The van der Waals surface area contributed by atoms with Crippen LogP contribution >= 0.6 is 0 Å². The molecule has 0 spiro atoms. The average Bonchev–Trinajstić information content (AvgIpc) is 3.29. The van der Waals surface area contributed by atoms with E-state index < -0.39 is 6.10 Å². The van der Waals surface area contributed by atoms with Gasteiger partial charge in [-0.2, -0.15) is 9.61 Å². The molecule has 1 unspecified atom stereocenters. The van der Waals surface area contributed by atoms with Gasteiger partial charge in [-0.3, -0.25) is 9.78 Å². The minimum atomic E-state index is -0.775. The molecule has 5 rings (SSSR count). The van der Waals surface area contributed by atoms with Crippen molar-refractivity contribution in [2.24, 2.45) is 0 Å². The standard InChI is InChI=1S/C25H19FN6O2/c1-16(34-21-7-5-19(26)6-8-21)25(33)28-20-4-2-3-18(15-20)22-9-10-23-29-30-24(32(23)31-22)17-11-13-27-14-12-17/h2-16H,1H3,(H,28,33). The van der Waals surface area contributed by atoms with Gasteiger partial charge in [-0.05, 0) is 67.6 Å². The van der Waals surface area contributed by atoms with Crippen LogP contribution in [0.5, 0.6) is 5.75 Å². The van der Waals surface area contributed by atoms with Gasteiger partial charge < -0.3 is 10.1 Å². The lowest BCUT2D eigenvalue weighted by Gasteiger charge is -2.15. The van der Waals surface area contributed by atoms with Gasteiger partial charge >= 0.3 is 0 Å². The van der Waals surface area contributed by atoms with Crippen molar-refractivity contribution in [3.8, 4) is 28.4 Å². The number of carbonyl (C=O) groups is 1. The van der Waals surface area contributed by atoms with Gasteiger partial charge in [-0.25, -0.2) is 4.39 Å². The molecule has 9 heteroatoms. The van der Waals surface area contributed by atoms with Crippen LogP contribution in [0.25, 0.3) is 28.3 Å². The van der Waals surface area contributed by atoms with Crippen LogP contribution in [-0.4, -0.2) is 36.8 Å². The Bertz CT molecular complexity index is 1450. The summed E-state index contributed by atoms with van der Waals surface area (Å²) in [5, 5.41) is 16.0. The third-order valence-electron chi connectivity index (χ3n) is 5.12. The zero-order chi connectivity index (χ0) is 23.5. The summed E-state index contributed by atoms with van der Waals surface area (Å²) in [7, 11) is 0. The van der Waals surface area contributed by atoms with Crippen molar-refractivity contribution in [1.29, 1.82) is 0 Å². The number of rotatable bonds is 6. The van der Waals surface area contributed by atoms with E-state index in [0.717, 1.165) is 11.1 Å². The Labute approximate surface area is 194 Å². The number of benzene rings is 2. The second-order valence-electron chi connectivity index (χ2n) is 7.53. The monoisotopic (exact) mass is 454 g/mol. The number of fused-ring (bicyclic) bond motifs is 1. The van der Waals surface area contributed by atoms with Crippen LogP contribution in [0, 0.1) is 5.82 Å². The smallest absolute Gasteiger partial charge is 0.265 e. The number of halogens is 1. The number of pyridine rings is 1. The molecule has 0 bridgehead atoms. The van der Waals surface area contributed by atoms with Gasteiger partial charge in [0.1, 0.15) is 11.6 Å². The first-order valence-electron chi connectivity index (χ1n) is 10.5. The van der Waals surface area contributed by atoms with E-state index in [0.29, 0.717) is 28.6 Å². The molecule has 0 fully saturated rings. The number of amides is 1. The third kappa shape index (κ3) is 4.44. The predicted molar refractivity (Wildman–Crippen MR) is 125 cm³/mol. The van der Waals surface area contributed by atoms with Crippen LogP contribution in [0.2, 0.25) is 0 Å². The molecule has 3 aromatic heterocycles. The van der Waals surface area contributed by atoms with Gasteiger partial charge in [0.15, 0.2) is 17.6 Å². The van der Waals surface area contributed by atoms with Crippen LogP contribution in [0.3, 0.4) is 0 Å². The van der Waals surface area contributed by atoms with E-state index in [1.807, 2.05) is 42.5 Å². The Morgan fingerprint density at radius 3 is 2.56 bits per heavy atom. The summed E-state index contributed by atoms with van der Waals surface area (Å²) in [6, 6.07) is 20.2. The second-order valence-corrected chi connectivity index (χ2v) is 7.53. The lowest BCUT2D eigenvalue weighted by atomic mass is 10.1. The summed E-state index contributed by atoms with van der Waals surface area (Å²) in [6.45, 7) is 1.63. The summed E-state index contributed by atoms with van der Waals surface area (Å²) < 4.78 is 20.3. The largest absolute Gasteiger partial charge is 0.481 e. The van der Waals surface area contributed by atoms with Crippen LogP contribution in [-0.2, 0) is 4.79 Å². The Kier molecular flexibility index (Phi) is 5.65. The molecule has 0 aliphatic carbocycles. The topological polar surface area (TPSA) is 94.3 Å². The van der Waals surface area contributed by atoms with E-state index >= 15 is 0 Å². The zero-order valence-corrected chi connectivity index (χ0v) is 18.1. The van der Waals surface area contributed by atoms with Gasteiger partial charge in [-0.1, -0.05) is 12.1 Å². The van der Waals surface area contributed by atoms with Crippen molar-refractivity contribution in [2.75, 3.05) is 5.32 Å². The first-order valence-corrected chi connectivity index (χ1v) is 10.5. The molecule has 0 saturated heterocycles. The van der Waals surface area contributed by atoms with Crippen LogP contribution in [0.4, 0.5) is 10.1 Å². The van der Waals surface area contributed by atoms with Crippen LogP contribution in [0.1, 0.15) is 6.92 Å². The van der Waals surface area contributed by atoms with Crippen molar-refractivity contribution in [3.63, 3.8) is 0 Å². The van der Waals surface area contributed by atoms with Crippen molar-refractivity contribution in [2.45, 2.75) is 13.0 Å². The molecule has 0 radical (unpaired) electrons. The summed E-state index contributed by atoms with van der Waals surface area (Å²) in [6.07, 6.45) is 2.60. The fourth-order valence-corrected chi connectivity index (χ4v) is 3.39. The van der Waals surface area contributed by atoms with Gasteiger partial charge in [0.05, 0.1) is 5.69 Å². The molecule has 8 nitrogen and oxygen atoms in total. The molecule has 0 saturated carbocycles. The molecule has 2 aromatic carbocycles. The number of ether oxygens (including phenoxy) is 1. The zero-order valence-electron chi connectivity index (χ0n) is 18.1. The highest BCUT2D eigenvalue weighted by Gasteiger charge is 2.16. The molecular weight excluding hydrogens is 435 g/mol. The van der Waals surface area contributed by atoms with E-state index in [9.17, 15) is 9.18 Å². The van der Waals surface area contributed by atoms with Gasteiger partial charge in [-0.15, -0.1) is 10.2 Å². The van der Waals surface area contributed by atoms with Crippen molar-refractivity contribution in [3.05, 3.63) is 91.0 Å². The Hall–Kier alpha value is -4.66. The number of anilines is 1. The number of carbonyl (C=O) groups excluding carboxylic acids is 1. The predicted octanol–water partition coefficient (Wildman–Crippen LogP) is 4.40. The van der Waals surface area contributed by atoms with Crippen molar-refractivity contribution < 1.29 is 13.9 Å². The van der Waals surface area contributed by atoms with E-state index in [1.165, 1.54) is 24.3 Å². The molecular formula is C25H19FN6O2. The fourth-order valence-electron chi connectivity index (χ4n) is 3.39. The molecule has 1 atom stereocenters. The average molecular weight is 454 g/mol. The first-order chi connectivity index (χ1) is 16.6. The number of nitrogens with one attached hydrogen (secondary N) is 1. The molecule has 5 aromatic rings. The maximum Gasteiger partial charge on any atom is 0.265 e. The quantitative estimate of drug-likeness (QED) is 0.409. The van der Waals surface area contributed by atoms with Crippen LogP contribution in [0.15, 0.2) is 85.2 Å². The molecule has 0 aliphatic heterocycles. The minimum Gasteiger partial charge on any atom is -0.481 e. The van der Waals surface area contributed by atoms with Crippen LogP contribution < -0.4 is 10.1 Å². The molecule has 3 heterocycles. The van der Waals surface area contributed by atoms with Gasteiger partial charge in [0, 0.05) is 29.2 Å². The third-order valence-corrected chi connectivity index (χ3v) is 5.12. The van der Waals surface area contributed by atoms with Gasteiger partial charge in [0.2, 0.25) is 0 Å². The normalized spacial score (nSPS) is 11.8. The number of aromatic nitrogens is 5. The number of hydrogen-bond acceptors (Lipinski definition) is 6. The molecule has 168 valence electrons. The minimum absolute atomic E-state index is 0.330. The van der Waals surface area contributed by atoms with E-state index in [-0.39, 0.29) is 11.7 Å². The lowest BCUT2D eigenvalue weighted by molar-refractivity contribution is -0.122. The number of hydrogen-bond donors (Lipinski definition) is 1. The Balaban J connectivity index is 1.36. The lowest BCUT2D eigenvalue weighted by Crippen LogP contribution is -2.30. The maximum absolute atomic E-state index is 13.1. The Morgan fingerprint density at radius 2 is 1.76 bits per heavy atom. The van der Waals surface area contributed by atoms with E-state index in [1.54, 1.807) is 29.9 Å². The molecule has 1 amide bonds. The fraction of sp³-hybridized carbons (Fsp3) is 0.0800. The van der Waals surface area contributed by atoms with Gasteiger partial charge in [0.25, 0.3) is 5.91 Å². The second kappa shape index (κ2) is 9.07. The SMILES string of the molecule is CC(Oc1ccc(F)cc1)C(=O)Nc1cccc(-c2ccc3nnc(-c4ccncc4)n3n2)c1. The Morgan fingerprint density at radius 1 is 0.971 bits per heavy atom. The van der Waals surface area contributed by atoms with E-state index in [2.05, 4.69) is 20.5 Å². The molecule has 34 heavy (non-hydrogen) atoms. The van der Waals surface area contributed by atoms with E-state index in [4.69, 9.17) is 9.84 Å². The molecule has 0 aliphatic rings. The highest BCUT2D eigenvalue weighted by molar-refractivity contribution is 5.94.